The van der Waals surface area contributed by atoms with Gasteiger partial charge in [0.15, 0.2) is 0 Å². The molecule has 0 fully saturated rings. The molecule has 0 radical (unpaired) electrons. The van der Waals surface area contributed by atoms with Crippen molar-refractivity contribution < 1.29 is 10.2 Å². The number of hydrogen-bond acceptors (Lipinski definition) is 3. The summed E-state index contributed by atoms with van der Waals surface area (Å²) < 4.78 is 0. The van der Waals surface area contributed by atoms with Crippen LogP contribution in [0.15, 0.2) is 12.1 Å². The molecule has 3 heteroatoms. The van der Waals surface area contributed by atoms with Gasteiger partial charge in [0.1, 0.15) is 5.75 Å². The normalized spacial score (nSPS) is 18.6. The summed E-state index contributed by atoms with van der Waals surface area (Å²) in [6, 6.07) is 3.30. The van der Waals surface area contributed by atoms with Crippen LogP contribution in [0.25, 0.3) is 0 Å². The van der Waals surface area contributed by atoms with E-state index in [2.05, 4.69) is 0 Å². The van der Waals surface area contributed by atoms with Gasteiger partial charge in [-0.25, -0.2) is 0 Å². The van der Waals surface area contributed by atoms with Crippen LogP contribution in [0.3, 0.4) is 0 Å². The molecule has 0 amide bonds. The maximum absolute atomic E-state index is 9.82. The quantitative estimate of drug-likeness (QED) is 0.684. The molecule has 1 aromatic carbocycles. The van der Waals surface area contributed by atoms with Crippen molar-refractivity contribution in [3.8, 4) is 5.75 Å². The molecule has 0 saturated heterocycles. The molecule has 0 heterocycles. The molecule has 0 aromatic heterocycles. The van der Waals surface area contributed by atoms with Crippen molar-refractivity contribution in [1.82, 2.24) is 0 Å². The van der Waals surface area contributed by atoms with Gasteiger partial charge in [0, 0.05) is 11.6 Å². The van der Waals surface area contributed by atoms with Gasteiger partial charge in [-0.05, 0) is 49.4 Å². The van der Waals surface area contributed by atoms with Crippen molar-refractivity contribution in [3.63, 3.8) is 0 Å². The van der Waals surface area contributed by atoms with E-state index < -0.39 is 6.10 Å². The number of phenolic OH excluding ortho intramolecular Hbond substituents is 1. The number of benzene rings is 1. The minimum atomic E-state index is -0.782. The Hall–Kier alpha value is -1.06. The third-order valence-electron chi connectivity index (χ3n) is 3.06. The second-order valence-corrected chi connectivity index (χ2v) is 4.34. The summed E-state index contributed by atoms with van der Waals surface area (Å²) in [6.45, 7) is 1.73. The molecule has 15 heavy (non-hydrogen) atoms. The molecule has 0 bridgehead atoms. The zero-order valence-corrected chi connectivity index (χ0v) is 8.90. The summed E-state index contributed by atoms with van der Waals surface area (Å²) >= 11 is 0. The first-order valence-electron chi connectivity index (χ1n) is 5.38. The minimum absolute atomic E-state index is 0.167. The van der Waals surface area contributed by atoms with Crippen LogP contribution in [0.5, 0.6) is 5.75 Å². The topological polar surface area (TPSA) is 66.5 Å². The Bertz CT molecular complexity index is 374. The summed E-state index contributed by atoms with van der Waals surface area (Å²) in [7, 11) is 0. The lowest BCUT2D eigenvalue weighted by Gasteiger charge is -2.17. The first-order valence-corrected chi connectivity index (χ1v) is 5.38. The van der Waals surface area contributed by atoms with E-state index in [-0.39, 0.29) is 11.8 Å². The molecule has 4 N–H and O–H groups in total. The monoisotopic (exact) mass is 207 g/mol. The maximum Gasteiger partial charge on any atom is 0.121 e. The predicted octanol–water partition coefficient (Wildman–Crippen LogP) is 1.26. The average Bonchev–Trinajstić information content (AvgIpc) is 2.62. The van der Waals surface area contributed by atoms with Crippen LogP contribution in [-0.4, -0.2) is 16.3 Å². The summed E-state index contributed by atoms with van der Waals surface area (Å²) in [5, 5.41) is 19.6. The molecule has 0 aliphatic heterocycles. The van der Waals surface area contributed by atoms with Gasteiger partial charge in [-0.15, -0.1) is 0 Å². The Kier molecular flexibility index (Phi) is 2.67. The molecule has 0 saturated carbocycles. The van der Waals surface area contributed by atoms with E-state index in [1.165, 1.54) is 11.1 Å². The first-order chi connectivity index (χ1) is 7.09. The molecular weight excluding hydrogens is 190 g/mol. The van der Waals surface area contributed by atoms with Crippen molar-refractivity contribution in [2.75, 3.05) is 0 Å². The largest absolute Gasteiger partial charge is 0.508 e. The fraction of sp³-hybridized carbons (Fsp3) is 0.500. The van der Waals surface area contributed by atoms with Crippen molar-refractivity contribution in [1.29, 1.82) is 0 Å². The summed E-state index contributed by atoms with van der Waals surface area (Å²) in [5.41, 5.74) is 8.62. The van der Waals surface area contributed by atoms with Gasteiger partial charge in [0.2, 0.25) is 0 Å². The maximum atomic E-state index is 9.82. The average molecular weight is 207 g/mol. The van der Waals surface area contributed by atoms with E-state index in [1.807, 2.05) is 6.07 Å². The molecule has 1 aliphatic rings. The molecular formula is C12H17NO2. The Morgan fingerprint density at radius 2 is 1.87 bits per heavy atom. The van der Waals surface area contributed by atoms with E-state index in [0.29, 0.717) is 5.56 Å². The van der Waals surface area contributed by atoms with Crippen LogP contribution in [0.1, 0.15) is 36.1 Å². The Morgan fingerprint density at radius 3 is 2.47 bits per heavy atom. The van der Waals surface area contributed by atoms with Gasteiger partial charge in [0.25, 0.3) is 0 Å². The second-order valence-electron chi connectivity index (χ2n) is 4.34. The van der Waals surface area contributed by atoms with Crippen LogP contribution in [0.4, 0.5) is 0 Å². The zero-order chi connectivity index (χ0) is 11.0. The number of hydrogen-bond donors (Lipinski definition) is 3. The Balaban J connectivity index is 2.40. The van der Waals surface area contributed by atoms with Gasteiger partial charge in [-0.2, -0.15) is 0 Å². The fourth-order valence-corrected chi connectivity index (χ4v) is 2.15. The van der Waals surface area contributed by atoms with Gasteiger partial charge < -0.3 is 15.9 Å². The highest BCUT2D eigenvalue weighted by Gasteiger charge is 2.20. The third-order valence-corrected chi connectivity index (χ3v) is 3.06. The highest BCUT2D eigenvalue weighted by Crippen LogP contribution is 2.33. The van der Waals surface area contributed by atoms with Crippen LogP contribution < -0.4 is 5.73 Å². The van der Waals surface area contributed by atoms with Gasteiger partial charge in [-0.1, -0.05) is 0 Å². The lowest BCUT2D eigenvalue weighted by Crippen LogP contribution is -2.24. The second kappa shape index (κ2) is 3.83. The number of rotatable bonds is 2. The van der Waals surface area contributed by atoms with E-state index >= 15 is 0 Å². The Morgan fingerprint density at radius 1 is 1.27 bits per heavy atom. The number of aliphatic hydroxyl groups excluding tert-OH is 1. The summed E-state index contributed by atoms with van der Waals surface area (Å²) in [6.07, 6.45) is 2.41. The third kappa shape index (κ3) is 1.85. The zero-order valence-electron chi connectivity index (χ0n) is 8.90. The number of aliphatic hydroxyl groups is 1. The van der Waals surface area contributed by atoms with Crippen molar-refractivity contribution in [2.45, 2.75) is 38.3 Å². The summed E-state index contributed by atoms with van der Waals surface area (Å²) in [4.78, 5) is 0. The Labute approximate surface area is 89.5 Å². The van der Waals surface area contributed by atoms with E-state index in [9.17, 15) is 10.2 Å². The van der Waals surface area contributed by atoms with Crippen molar-refractivity contribution in [3.05, 3.63) is 28.8 Å². The molecule has 2 rings (SSSR count). The molecule has 82 valence electrons. The van der Waals surface area contributed by atoms with Gasteiger partial charge in [0.05, 0.1) is 6.10 Å². The van der Waals surface area contributed by atoms with Crippen LogP contribution in [-0.2, 0) is 12.8 Å². The molecule has 1 aliphatic carbocycles. The van der Waals surface area contributed by atoms with Gasteiger partial charge in [-0.3, -0.25) is 0 Å². The lowest BCUT2D eigenvalue weighted by atomic mass is 9.98. The highest BCUT2D eigenvalue weighted by atomic mass is 16.3. The molecule has 2 unspecified atom stereocenters. The smallest absolute Gasteiger partial charge is 0.121 e. The van der Waals surface area contributed by atoms with E-state index in [4.69, 9.17) is 5.73 Å². The molecule has 2 atom stereocenters. The number of aryl methyl sites for hydroxylation is 2. The van der Waals surface area contributed by atoms with Crippen LogP contribution >= 0.6 is 0 Å². The standard InChI is InChI=1S/C12H17NO2/c1-7(13)12(15)10-5-8-3-2-4-9(8)6-11(10)14/h5-7,12,14-15H,2-4,13H2,1H3. The van der Waals surface area contributed by atoms with Crippen LogP contribution in [0, 0.1) is 0 Å². The number of fused-ring (bicyclic) bond motifs is 1. The SMILES string of the molecule is CC(N)C(O)c1cc2c(cc1O)CCC2. The molecule has 1 aromatic rings. The number of phenols is 1. The molecule has 3 nitrogen and oxygen atoms in total. The number of nitrogens with two attached hydrogens (primary N) is 1. The van der Waals surface area contributed by atoms with Crippen LogP contribution in [0.2, 0.25) is 0 Å². The van der Waals surface area contributed by atoms with Crippen molar-refractivity contribution >= 4 is 0 Å². The lowest BCUT2D eigenvalue weighted by molar-refractivity contribution is 0.150. The number of aromatic hydroxyl groups is 1. The van der Waals surface area contributed by atoms with E-state index in [1.54, 1.807) is 13.0 Å². The first kappa shape index (κ1) is 10.5. The van der Waals surface area contributed by atoms with E-state index in [0.717, 1.165) is 19.3 Å². The predicted molar refractivity (Wildman–Crippen MR) is 58.7 cm³/mol. The van der Waals surface area contributed by atoms with Gasteiger partial charge >= 0.3 is 0 Å². The molecule has 0 spiro atoms. The fourth-order valence-electron chi connectivity index (χ4n) is 2.15. The van der Waals surface area contributed by atoms with Crippen molar-refractivity contribution in [2.24, 2.45) is 5.73 Å². The highest BCUT2D eigenvalue weighted by molar-refractivity contribution is 5.45. The summed E-state index contributed by atoms with van der Waals surface area (Å²) in [5.74, 6) is 0.167. The minimum Gasteiger partial charge on any atom is -0.508 e.